The van der Waals surface area contributed by atoms with Gasteiger partial charge in [-0.2, -0.15) is 0 Å². The fourth-order valence-corrected chi connectivity index (χ4v) is 2.70. The van der Waals surface area contributed by atoms with Gasteiger partial charge in [-0.05, 0) is 25.0 Å². The summed E-state index contributed by atoms with van der Waals surface area (Å²) in [6, 6.07) is 6.44. The molecule has 90 valence electrons. The molecule has 2 aromatic heterocycles. The molecule has 4 heteroatoms. The van der Waals surface area contributed by atoms with Crippen molar-refractivity contribution in [3.8, 4) is 0 Å². The average Bonchev–Trinajstić information content (AvgIpc) is 2.97. The number of nitrogens with zero attached hydrogens (tertiary/aromatic N) is 2. The van der Waals surface area contributed by atoms with Gasteiger partial charge in [0.05, 0.1) is 0 Å². The minimum absolute atomic E-state index is 0.275. The lowest BCUT2D eigenvalue weighted by molar-refractivity contribution is 0.222. The van der Waals surface area contributed by atoms with Crippen molar-refractivity contribution in [1.82, 2.24) is 9.38 Å². The van der Waals surface area contributed by atoms with Crippen LogP contribution < -0.4 is 5.32 Å². The minimum atomic E-state index is 0.275. The molecule has 0 radical (unpaired) electrons. The first-order chi connectivity index (χ1) is 8.38. The molecular formula is C13H17N3O. The van der Waals surface area contributed by atoms with E-state index in [0.717, 1.165) is 24.3 Å². The first-order valence-electron chi connectivity index (χ1n) is 6.18. The maximum atomic E-state index is 9.33. The van der Waals surface area contributed by atoms with Gasteiger partial charge in [0.15, 0.2) is 0 Å². The molecule has 0 aromatic carbocycles. The highest BCUT2D eigenvalue weighted by Gasteiger charge is 2.26. The summed E-state index contributed by atoms with van der Waals surface area (Å²) in [7, 11) is 0. The van der Waals surface area contributed by atoms with Crippen LogP contribution in [-0.4, -0.2) is 27.1 Å². The van der Waals surface area contributed by atoms with Crippen LogP contribution in [0.25, 0.3) is 5.65 Å². The number of aromatic nitrogens is 2. The van der Waals surface area contributed by atoms with Gasteiger partial charge in [-0.3, -0.25) is 4.40 Å². The van der Waals surface area contributed by atoms with Crippen LogP contribution in [0.1, 0.15) is 19.3 Å². The van der Waals surface area contributed by atoms with E-state index in [9.17, 15) is 5.11 Å². The van der Waals surface area contributed by atoms with Crippen molar-refractivity contribution >= 4 is 11.5 Å². The van der Waals surface area contributed by atoms with Gasteiger partial charge < -0.3 is 10.4 Å². The van der Waals surface area contributed by atoms with Gasteiger partial charge in [-0.25, -0.2) is 4.98 Å². The number of imidazole rings is 1. The SMILES string of the molecule is OCC1CCCC1Nc1cccc2nccn12. The van der Waals surface area contributed by atoms with Gasteiger partial charge in [-0.1, -0.05) is 12.5 Å². The third-order valence-corrected chi connectivity index (χ3v) is 3.66. The Kier molecular flexibility index (Phi) is 2.73. The Morgan fingerprint density at radius 2 is 2.35 bits per heavy atom. The van der Waals surface area contributed by atoms with Crippen molar-refractivity contribution in [2.75, 3.05) is 11.9 Å². The smallest absolute Gasteiger partial charge is 0.138 e. The predicted molar refractivity (Wildman–Crippen MR) is 67.0 cm³/mol. The van der Waals surface area contributed by atoms with E-state index in [2.05, 4.69) is 16.4 Å². The molecule has 4 nitrogen and oxygen atoms in total. The molecule has 1 aliphatic carbocycles. The summed E-state index contributed by atoms with van der Waals surface area (Å²) in [5.74, 6) is 1.44. The zero-order valence-corrected chi connectivity index (χ0v) is 9.71. The molecule has 2 aromatic rings. The van der Waals surface area contributed by atoms with Crippen molar-refractivity contribution in [3.63, 3.8) is 0 Å². The molecule has 0 spiro atoms. The first-order valence-corrected chi connectivity index (χ1v) is 6.18. The van der Waals surface area contributed by atoms with E-state index >= 15 is 0 Å². The lowest BCUT2D eigenvalue weighted by atomic mass is 10.1. The predicted octanol–water partition coefficient (Wildman–Crippen LogP) is 1.91. The first kappa shape index (κ1) is 10.6. The van der Waals surface area contributed by atoms with Crippen molar-refractivity contribution in [3.05, 3.63) is 30.6 Å². The molecule has 2 heterocycles. The number of aliphatic hydroxyl groups excluding tert-OH is 1. The Balaban J connectivity index is 1.87. The Morgan fingerprint density at radius 3 is 3.24 bits per heavy atom. The molecule has 1 aliphatic rings. The number of aliphatic hydroxyl groups is 1. The third kappa shape index (κ3) is 1.89. The lowest BCUT2D eigenvalue weighted by Gasteiger charge is -2.20. The molecule has 2 atom stereocenters. The fraction of sp³-hybridized carbons (Fsp3) is 0.462. The van der Waals surface area contributed by atoms with Crippen molar-refractivity contribution in [1.29, 1.82) is 0 Å². The third-order valence-electron chi connectivity index (χ3n) is 3.66. The van der Waals surface area contributed by atoms with Crippen LogP contribution in [0.3, 0.4) is 0 Å². The van der Waals surface area contributed by atoms with E-state index in [4.69, 9.17) is 0 Å². The van der Waals surface area contributed by atoms with Gasteiger partial charge in [0.25, 0.3) is 0 Å². The Bertz CT molecular complexity index is 508. The van der Waals surface area contributed by atoms with E-state index in [0.29, 0.717) is 12.0 Å². The largest absolute Gasteiger partial charge is 0.396 e. The zero-order valence-electron chi connectivity index (χ0n) is 9.71. The zero-order chi connectivity index (χ0) is 11.7. The number of fused-ring (bicyclic) bond motifs is 1. The fourth-order valence-electron chi connectivity index (χ4n) is 2.70. The van der Waals surface area contributed by atoms with E-state index in [-0.39, 0.29) is 6.61 Å². The number of nitrogens with one attached hydrogen (secondary N) is 1. The van der Waals surface area contributed by atoms with E-state index in [1.807, 2.05) is 22.7 Å². The summed E-state index contributed by atoms with van der Waals surface area (Å²) in [6.07, 6.45) is 7.21. The number of hydrogen-bond acceptors (Lipinski definition) is 3. The molecule has 0 bridgehead atoms. The summed E-state index contributed by atoms with van der Waals surface area (Å²) in [4.78, 5) is 4.27. The minimum Gasteiger partial charge on any atom is -0.396 e. The van der Waals surface area contributed by atoms with Crippen LogP contribution in [0.4, 0.5) is 5.82 Å². The molecule has 2 unspecified atom stereocenters. The van der Waals surface area contributed by atoms with Gasteiger partial charge in [0.1, 0.15) is 11.5 Å². The van der Waals surface area contributed by atoms with Crippen LogP contribution in [0.2, 0.25) is 0 Å². The molecule has 17 heavy (non-hydrogen) atoms. The highest BCUT2D eigenvalue weighted by molar-refractivity contribution is 5.50. The standard InChI is InChI=1S/C13H17N3O/c17-9-10-3-1-4-11(10)15-13-6-2-5-12-14-7-8-16(12)13/h2,5-8,10-11,15,17H,1,3-4,9H2. The van der Waals surface area contributed by atoms with Gasteiger partial charge in [0, 0.05) is 31.0 Å². The summed E-state index contributed by atoms with van der Waals surface area (Å²) in [5, 5.41) is 12.9. The molecule has 2 N–H and O–H groups in total. The average molecular weight is 231 g/mol. The van der Waals surface area contributed by atoms with E-state index in [1.54, 1.807) is 6.20 Å². The van der Waals surface area contributed by atoms with Crippen LogP contribution in [0.15, 0.2) is 30.6 Å². The molecule has 1 fully saturated rings. The number of hydrogen-bond donors (Lipinski definition) is 2. The lowest BCUT2D eigenvalue weighted by Crippen LogP contribution is -2.27. The monoisotopic (exact) mass is 231 g/mol. The van der Waals surface area contributed by atoms with Crippen molar-refractivity contribution < 1.29 is 5.11 Å². The second kappa shape index (κ2) is 4.37. The molecular weight excluding hydrogens is 214 g/mol. The maximum absolute atomic E-state index is 9.33. The molecule has 0 amide bonds. The normalized spacial score (nSPS) is 24.3. The maximum Gasteiger partial charge on any atom is 0.138 e. The van der Waals surface area contributed by atoms with Crippen molar-refractivity contribution in [2.24, 2.45) is 5.92 Å². The topological polar surface area (TPSA) is 49.6 Å². The van der Waals surface area contributed by atoms with Gasteiger partial charge >= 0.3 is 0 Å². The Labute approximate surface area is 100 Å². The number of rotatable bonds is 3. The number of anilines is 1. The quantitative estimate of drug-likeness (QED) is 0.848. The molecule has 3 rings (SSSR count). The highest BCUT2D eigenvalue weighted by atomic mass is 16.3. The molecule has 0 aliphatic heterocycles. The summed E-state index contributed by atoms with van der Waals surface area (Å²) >= 11 is 0. The second-order valence-electron chi connectivity index (χ2n) is 4.69. The van der Waals surface area contributed by atoms with Gasteiger partial charge in [-0.15, -0.1) is 0 Å². The van der Waals surface area contributed by atoms with Crippen LogP contribution in [0, 0.1) is 5.92 Å². The Morgan fingerprint density at radius 1 is 1.41 bits per heavy atom. The summed E-state index contributed by atoms with van der Waals surface area (Å²) in [5.41, 5.74) is 0.952. The summed E-state index contributed by atoms with van der Waals surface area (Å²) in [6.45, 7) is 0.275. The van der Waals surface area contributed by atoms with E-state index < -0.39 is 0 Å². The second-order valence-corrected chi connectivity index (χ2v) is 4.69. The van der Waals surface area contributed by atoms with E-state index in [1.165, 1.54) is 6.42 Å². The highest BCUT2D eigenvalue weighted by Crippen LogP contribution is 2.28. The summed E-state index contributed by atoms with van der Waals surface area (Å²) < 4.78 is 2.05. The van der Waals surface area contributed by atoms with Crippen LogP contribution in [-0.2, 0) is 0 Å². The number of pyridine rings is 1. The Hall–Kier alpha value is -1.55. The molecule has 1 saturated carbocycles. The van der Waals surface area contributed by atoms with Crippen molar-refractivity contribution in [2.45, 2.75) is 25.3 Å². The van der Waals surface area contributed by atoms with Gasteiger partial charge in [0.2, 0.25) is 0 Å². The van der Waals surface area contributed by atoms with Crippen LogP contribution >= 0.6 is 0 Å². The van der Waals surface area contributed by atoms with Crippen LogP contribution in [0.5, 0.6) is 0 Å². The molecule has 0 saturated heterocycles.